The first-order chi connectivity index (χ1) is 35.3. The molecule has 1 amide bonds. The largest absolute Gasteiger partial charge is 0.394 e. The number of ether oxygens (including phenoxy) is 2. The van der Waals surface area contributed by atoms with E-state index in [0.29, 0.717) is 19.3 Å². The molecule has 422 valence electrons. The van der Waals surface area contributed by atoms with Gasteiger partial charge in [-0.25, -0.2) is 0 Å². The van der Waals surface area contributed by atoms with Crippen LogP contribution in [0.5, 0.6) is 0 Å². The molecule has 1 fully saturated rings. The fraction of sp³-hybridized carbons (Fsp3) is 0.855. The molecule has 1 heterocycles. The number of aliphatic hydroxyl groups excluding tert-OH is 6. The molecule has 0 radical (unpaired) electrons. The summed E-state index contributed by atoms with van der Waals surface area (Å²) in [5.41, 5.74) is 0. The first-order valence-electron chi connectivity index (χ1n) is 30.5. The normalized spacial score (nSPS) is 19.9. The van der Waals surface area contributed by atoms with E-state index in [9.17, 15) is 35.4 Å². The quantitative estimate of drug-likeness (QED) is 0.0232. The number of carbonyl (C=O) groups is 1. The number of hydrogen-bond acceptors (Lipinski definition) is 9. The van der Waals surface area contributed by atoms with Gasteiger partial charge in [-0.2, -0.15) is 0 Å². The number of aliphatic hydroxyl groups is 6. The Hall–Kier alpha value is -1.89. The minimum Gasteiger partial charge on any atom is -0.394 e. The van der Waals surface area contributed by atoms with Crippen LogP contribution in [0.2, 0.25) is 0 Å². The van der Waals surface area contributed by atoms with E-state index in [0.717, 1.165) is 38.5 Å². The highest BCUT2D eigenvalue weighted by atomic mass is 16.7. The lowest BCUT2D eigenvalue weighted by Crippen LogP contribution is -2.60. The second-order valence-corrected chi connectivity index (χ2v) is 21.3. The van der Waals surface area contributed by atoms with Crippen LogP contribution < -0.4 is 5.32 Å². The van der Waals surface area contributed by atoms with E-state index in [4.69, 9.17) is 9.47 Å². The molecular weight excluding hydrogens is 903 g/mol. The van der Waals surface area contributed by atoms with E-state index in [1.54, 1.807) is 6.08 Å². The highest BCUT2D eigenvalue weighted by Crippen LogP contribution is 2.23. The summed E-state index contributed by atoms with van der Waals surface area (Å²) in [7, 11) is 0. The maximum Gasteiger partial charge on any atom is 0.249 e. The van der Waals surface area contributed by atoms with Gasteiger partial charge in [-0.3, -0.25) is 4.79 Å². The van der Waals surface area contributed by atoms with Gasteiger partial charge < -0.3 is 45.4 Å². The Balaban J connectivity index is 2.22. The van der Waals surface area contributed by atoms with Crippen LogP contribution in [0.15, 0.2) is 48.6 Å². The molecular formula is C62H115NO9. The number of unbranched alkanes of at least 4 members (excludes halogenated alkanes) is 35. The summed E-state index contributed by atoms with van der Waals surface area (Å²) in [5.74, 6) is -0.624. The molecule has 1 rings (SSSR count). The number of rotatable bonds is 52. The molecule has 0 spiro atoms. The molecule has 8 atom stereocenters. The van der Waals surface area contributed by atoms with Gasteiger partial charge in [-0.05, 0) is 64.2 Å². The molecule has 0 aromatic heterocycles. The maximum atomic E-state index is 13.1. The lowest BCUT2D eigenvalue weighted by atomic mass is 9.99. The van der Waals surface area contributed by atoms with Crippen molar-refractivity contribution in [3.05, 3.63) is 48.6 Å². The molecule has 72 heavy (non-hydrogen) atoms. The van der Waals surface area contributed by atoms with Crippen molar-refractivity contribution < 1.29 is 44.9 Å². The van der Waals surface area contributed by atoms with Crippen LogP contribution in [-0.4, -0.2) is 98.7 Å². The predicted molar refractivity (Wildman–Crippen MR) is 301 cm³/mol. The highest BCUT2D eigenvalue weighted by Gasteiger charge is 2.44. The third-order valence-electron chi connectivity index (χ3n) is 14.5. The summed E-state index contributed by atoms with van der Waals surface area (Å²) >= 11 is 0. The minimum atomic E-state index is -1.62. The molecule has 10 nitrogen and oxygen atoms in total. The van der Waals surface area contributed by atoms with Gasteiger partial charge in [0.15, 0.2) is 6.29 Å². The SMILES string of the molecule is CCCCCCCCCCC/C=C\C/C=C\CCCCCCCCCCCCCCCCC(O)C(=O)NC(COC1OC(CO)C(O)C(O)C1O)C(O)/C=C/CC/C=C/CCCCCCCCCCCCC. The van der Waals surface area contributed by atoms with Crippen molar-refractivity contribution in [2.24, 2.45) is 0 Å². The molecule has 0 saturated carbocycles. The Bertz CT molecular complexity index is 1290. The van der Waals surface area contributed by atoms with Crippen LogP contribution in [0.4, 0.5) is 0 Å². The van der Waals surface area contributed by atoms with Gasteiger partial charge in [0.2, 0.25) is 5.91 Å². The third kappa shape index (κ3) is 39.5. The lowest BCUT2D eigenvalue weighted by molar-refractivity contribution is -0.302. The molecule has 0 aliphatic carbocycles. The summed E-state index contributed by atoms with van der Waals surface area (Å²) in [4.78, 5) is 13.1. The summed E-state index contributed by atoms with van der Waals surface area (Å²) in [6.07, 6.45) is 58.0. The van der Waals surface area contributed by atoms with Crippen molar-refractivity contribution in [3.8, 4) is 0 Å². The van der Waals surface area contributed by atoms with E-state index in [-0.39, 0.29) is 6.61 Å². The zero-order chi connectivity index (χ0) is 52.4. The highest BCUT2D eigenvalue weighted by molar-refractivity contribution is 5.80. The first kappa shape index (κ1) is 68.1. The van der Waals surface area contributed by atoms with Crippen molar-refractivity contribution in [1.29, 1.82) is 0 Å². The molecule has 1 aliphatic rings. The number of carbonyl (C=O) groups excluding carboxylic acids is 1. The molecule has 0 aromatic carbocycles. The maximum absolute atomic E-state index is 13.1. The molecule has 7 N–H and O–H groups in total. The predicted octanol–water partition coefficient (Wildman–Crippen LogP) is 14.3. The van der Waals surface area contributed by atoms with Crippen LogP contribution in [0.3, 0.4) is 0 Å². The van der Waals surface area contributed by atoms with Crippen LogP contribution in [-0.2, 0) is 14.3 Å². The van der Waals surface area contributed by atoms with Crippen LogP contribution in [0.25, 0.3) is 0 Å². The molecule has 1 aliphatic heterocycles. The fourth-order valence-electron chi connectivity index (χ4n) is 9.56. The Kier molecular flexibility index (Phi) is 48.5. The second-order valence-electron chi connectivity index (χ2n) is 21.3. The number of allylic oxidation sites excluding steroid dienone is 7. The molecule has 0 aromatic rings. The average Bonchev–Trinajstić information content (AvgIpc) is 3.38. The van der Waals surface area contributed by atoms with E-state index in [1.807, 2.05) is 6.08 Å². The van der Waals surface area contributed by atoms with Gasteiger partial charge in [0.05, 0.1) is 25.4 Å². The summed E-state index contributed by atoms with van der Waals surface area (Å²) in [5, 5.41) is 65.1. The summed E-state index contributed by atoms with van der Waals surface area (Å²) in [6, 6.07) is -0.998. The van der Waals surface area contributed by atoms with Gasteiger partial charge >= 0.3 is 0 Å². The minimum absolute atomic E-state index is 0.303. The van der Waals surface area contributed by atoms with E-state index in [2.05, 4.69) is 55.6 Å². The van der Waals surface area contributed by atoms with Crippen molar-refractivity contribution in [2.45, 2.75) is 326 Å². The lowest BCUT2D eigenvalue weighted by Gasteiger charge is -2.40. The number of amides is 1. The Morgan fingerprint density at radius 3 is 1.29 bits per heavy atom. The van der Waals surface area contributed by atoms with Crippen molar-refractivity contribution in [2.75, 3.05) is 13.2 Å². The van der Waals surface area contributed by atoms with Crippen molar-refractivity contribution in [1.82, 2.24) is 5.32 Å². The van der Waals surface area contributed by atoms with Gasteiger partial charge in [0.25, 0.3) is 0 Å². The fourth-order valence-corrected chi connectivity index (χ4v) is 9.56. The summed E-state index contributed by atoms with van der Waals surface area (Å²) < 4.78 is 11.2. The smallest absolute Gasteiger partial charge is 0.249 e. The molecule has 0 bridgehead atoms. The monoisotopic (exact) mass is 1020 g/mol. The van der Waals surface area contributed by atoms with Crippen LogP contribution in [0, 0.1) is 0 Å². The third-order valence-corrected chi connectivity index (χ3v) is 14.5. The van der Waals surface area contributed by atoms with E-state index >= 15 is 0 Å². The zero-order valence-corrected chi connectivity index (χ0v) is 46.6. The molecule has 1 saturated heterocycles. The second kappa shape index (κ2) is 51.2. The van der Waals surface area contributed by atoms with Gasteiger partial charge in [0.1, 0.15) is 30.5 Å². The van der Waals surface area contributed by atoms with Gasteiger partial charge in [0, 0.05) is 0 Å². The Morgan fingerprint density at radius 2 is 0.861 bits per heavy atom. The number of hydrogen-bond donors (Lipinski definition) is 7. The summed E-state index contributed by atoms with van der Waals surface area (Å²) in [6.45, 7) is 3.62. The van der Waals surface area contributed by atoms with Crippen molar-refractivity contribution in [3.63, 3.8) is 0 Å². The zero-order valence-electron chi connectivity index (χ0n) is 46.6. The van der Waals surface area contributed by atoms with Crippen LogP contribution >= 0.6 is 0 Å². The van der Waals surface area contributed by atoms with Gasteiger partial charge in [-0.1, -0.05) is 262 Å². The number of nitrogens with one attached hydrogen (secondary N) is 1. The Morgan fingerprint density at radius 1 is 0.486 bits per heavy atom. The van der Waals surface area contributed by atoms with E-state index in [1.165, 1.54) is 205 Å². The Labute approximate surface area is 442 Å². The average molecular weight is 1020 g/mol. The van der Waals surface area contributed by atoms with Gasteiger partial charge in [-0.15, -0.1) is 0 Å². The topological polar surface area (TPSA) is 169 Å². The van der Waals surface area contributed by atoms with E-state index < -0.39 is 61.5 Å². The van der Waals surface area contributed by atoms with Crippen LogP contribution in [0.1, 0.15) is 277 Å². The molecule has 10 heteroatoms. The standard InChI is InChI=1S/C62H115NO9/c1-3-5-7-9-11-13-15-17-19-21-22-23-24-25-26-27-28-29-30-31-32-33-35-37-39-41-43-45-47-49-51-56(66)61(70)63-54(53-71-62-60(69)59(68)58(67)57(52-64)72-62)55(65)50-48-46-44-42-40-38-36-34-20-18-16-14-12-10-8-6-4-2/h22-23,25-26,40,42,48,50,54-60,62,64-69H,3-21,24,27-39,41,43-47,49,51-53H2,1-2H3,(H,63,70)/b23-22-,26-25-,42-40+,50-48+. The first-order valence-corrected chi connectivity index (χ1v) is 30.5. The van der Waals surface area contributed by atoms with Crippen molar-refractivity contribution >= 4 is 5.91 Å². The molecule has 8 unspecified atom stereocenters.